The van der Waals surface area contributed by atoms with Gasteiger partial charge in [-0.1, -0.05) is 18.1 Å². The van der Waals surface area contributed by atoms with Crippen molar-refractivity contribution in [3.8, 4) is 40.3 Å². The molecule has 1 N–H and O–H groups in total. The maximum Gasteiger partial charge on any atom is 0.255 e. The number of aryl methyl sites for hydroxylation is 1. The maximum absolute atomic E-state index is 13.0. The minimum absolute atomic E-state index is 0.0522. The van der Waals surface area contributed by atoms with E-state index in [2.05, 4.69) is 72.9 Å². The number of likely N-dealkylation sites (tertiary alicyclic amines) is 1. The Balaban J connectivity index is 0.633. The predicted molar refractivity (Wildman–Crippen MR) is 219 cm³/mol. The molecule has 3 aliphatic heterocycles. The summed E-state index contributed by atoms with van der Waals surface area (Å²) in [5, 5.41) is 4.68. The van der Waals surface area contributed by atoms with Gasteiger partial charge in [0, 0.05) is 111 Å². The Morgan fingerprint density at radius 3 is 2.44 bits per heavy atom. The summed E-state index contributed by atoms with van der Waals surface area (Å²) in [6, 6.07) is 21.1. The molecule has 13 nitrogen and oxygen atoms in total. The zero-order valence-electron chi connectivity index (χ0n) is 32.5. The summed E-state index contributed by atoms with van der Waals surface area (Å²) >= 11 is 0. The minimum Gasteiger partial charge on any atom is -0.489 e. The molecule has 10 rings (SSSR count). The summed E-state index contributed by atoms with van der Waals surface area (Å²) in [5.41, 5.74) is 6.56. The van der Waals surface area contributed by atoms with Crippen molar-refractivity contribution < 1.29 is 28.6 Å². The number of piperidine rings is 1. The van der Waals surface area contributed by atoms with Crippen LogP contribution in [0, 0.1) is 11.8 Å². The van der Waals surface area contributed by atoms with Crippen molar-refractivity contribution in [2.75, 3.05) is 19.6 Å². The average Bonchev–Trinajstić information content (AvgIpc) is 3.70. The molecule has 0 radical (unpaired) electrons. The van der Waals surface area contributed by atoms with E-state index in [1.165, 1.54) is 5.39 Å². The number of ether oxygens (including phenoxy) is 3. The molecular weight excluding hydrogens is 747 g/mol. The van der Waals surface area contributed by atoms with Gasteiger partial charge >= 0.3 is 0 Å². The van der Waals surface area contributed by atoms with Crippen molar-refractivity contribution in [3.05, 3.63) is 108 Å². The van der Waals surface area contributed by atoms with Gasteiger partial charge in [-0.25, -0.2) is 9.97 Å². The van der Waals surface area contributed by atoms with Gasteiger partial charge in [0.15, 0.2) is 0 Å². The van der Waals surface area contributed by atoms with Crippen molar-refractivity contribution >= 4 is 39.5 Å². The summed E-state index contributed by atoms with van der Waals surface area (Å²) < 4.78 is 20.7. The third kappa shape index (κ3) is 7.32. The zero-order valence-corrected chi connectivity index (χ0v) is 32.5. The predicted octanol–water partition coefficient (Wildman–Crippen LogP) is 5.44. The molecule has 0 spiro atoms. The summed E-state index contributed by atoms with van der Waals surface area (Å²) in [7, 11) is 2.08. The zero-order chi connectivity index (χ0) is 40.0. The fourth-order valence-electron chi connectivity index (χ4n) is 8.41. The highest BCUT2D eigenvalue weighted by Gasteiger charge is 2.39. The third-order valence-corrected chi connectivity index (χ3v) is 11.7. The van der Waals surface area contributed by atoms with Gasteiger partial charge in [0.25, 0.3) is 5.91 Å². The van der Waals surface area contributed by atoms with Gasteiger partial charge in [-0.05, 0) is 72.0 Å². The molecule has 59 heavy (non-hydrogen) atoms. The number of nitrogens with zero attached hydrogens (tertiary/aromatic N) is 6. The standard InChI is InChI=1S/C46H41N7O6/c1-51-40-15-16-47-24-39(40)38-10-5-28(19-42(38)51)29-6-14-44(49-22-29)59-35-20-34(21-35)58-33-8-7-31(48-23-33)4-2-3-17-52-26-36(27-52)57-32-9-11-37-30(18-32)25-53(46(37)56)41-12-13-43(54)50-45(41)55/h5-11,14-16,18-19,22-24,34-36,41H,3,12-13,17,20-21,25-27H2,1H3,(H,50,54,55). The number of hydrogen-bond donors (Lipinski definition) is 1. The molecule has 13 heteroatoms. The Bertz CT molecular complexity index is 2670. The van der Waals surface area contributed by atoms with E-state index in [4.69, 9.17) is 14.2 Å². The number of amides is 3. The van der Waals surface area contributed by atoms with Crippen LogP contribution in [0.25, 0.3) is 32.9 Å². The Kier molecular flexibility index (Phi) is 9.41. The van der Waals surface area contributed by atoms with E-state index in [0.29, 0.717) is 48.0 Å². The second kappa shape index (κ2) is 15.2. The van der Waals surface area contributed by atoms with E-state index in [1.54, 1.807) is 17.2 Å². The lowest BCUT2D eigenvalue weighted by atomic mass is 9.92. The maximum atomic E-state index is 13.0. The van der Waals surface area contributed by atoms with Crippen LogP contribution in [0.1, 0.15) is 53.7 Å². The van der Waals surface area contributed by atoms with Crippen LogP contribution in [-0.4, -0.2) is 91.0 Å². The van der Waals surface area contributed by atoms with E-state index < -0.39 is 11.9 Å². The van der Waals surface area contributed by atoms with Gasteiger partial charge in [-0.3, -0.25) is 29.6 Å². The number of aromatic nitrogens is 4. The van der Waals surface area contributed by atoms with Crippen LogP contribution in [0.2, 0.25) is 0 Å². The number of pyridine rings is 3. The molecule has 4 aromatic heterocycles. The minimum atomic E-state index is -0.629. The SMILES string of the molecule is Cn1c2ccncc2c2ccc(-c3ccc(OC4CC(Oc5ccc(C#CCCN6CC(Oc7ccc8c(c7)CN(C7CCC(=O)NC7=O)C8=O)C6)nc5)C4)nc3)cc21. The van der Waals surface area contributed by atoms with E-state index >= 15 is 0 Å². The molecule has 4 aliphatic rings. The lowest BCUT2D eigenvalue weighted by Crippen LogP contribution is -2.53. The number of fused-ring (bicyclic) bond motifs is 4. The monoisotopic (exact) mass is 787 g/mol. The van der Waals surface area contributed by atoms with Gasteiger partial charge in [-0.2, -0.15) is 0 Å². The number of nitrogens with one attached hydrogen (secondary N) is 1. The van der Waals surface area contributed by atoms with Crippen molar-refractivity contribution in [2.24, 2.45) is 7.05 Å². The largest absolute Gasteiger partial charge is 0.489 e. The number of benzene rings is 2. The van der Waals surface area contributed by atoms with Crippen LogP contribution in [0.15, 0.2) is 91.5 Å². The number of hydrogen-bond acceptors (Lipinski definition) is 10. The van der Waals surface area contributed by atoms with Crippen molar-refractivity contribution in [3.63, 3.8) is 0 Å². The molecule has 1 saturated carbocycles. The Labute approximate surface area is 340 Å². The Morgan fingerprint density at radius 1 is 0.797 bits per heavy atom. The fourth-order valence-corrected chi connectivity index (χ4v) is 8.41. The van der Waals surface area contributed by atoms with Crippen LogP contribution < -0.4 is 19.5 Å². The van der Waals surface area contributed by atoms with E-state index in [0.717, 1.165) is 65.6 Å². The first-order valence-corrected chi connectivity index (χ1v) is 20.0. The van der Waals surface area contributed by atoms with Crippen LogP contribution in [-0.2, 0) is 23.2 Å². The molecule has 3 amide bonds. The topological polar surface area (TPSA) is 141 Å². The van der Waals surface area contributed by atoms with Gasteiger partial charge in [0.1, 0.15) is 41.5 Å². The highest BCUT2D eigenvalue weighted by Crippen LogP contribution is 2.34. The van der Waals surface area contributed by atoms with Crippen molar-refractivity contribution in [2.45, 2.75) is 63.0 Å². The van der Waals surface area contributed by atoms with Crippen LogP contribution in [0.5, 0.6) is 17.4 Å². The molecule has 296 valence electrons. The molecular formula is C46H41N7O6. The summed E-state index contributed by atoms with van der Waals surface area (Å²) in [4.78, 5) is 54.1. The highest BCUT2D eigenvalue weighted by atomic mass is 16.5. The molecule has 7 heterocycles. The molecule has 1 aliphatic carbocycles. The first-order valence-electron chi connectivity index (χ1n) is 20.0. The third-order valence-electron chi connectivity index (χ3n) is 11.7. The molecule has 3 fully saturated rings. The molecule has 6 aromatic rings. The van der Waals surface area contributed by atoms with Crippen LogP contribution in [0.3, 0.4) is 0 Å². The van der Waals surface area contributed by atoms with Gasteiger partial charge < -0.3 is 23.7 Å². The van der Waals surface area contributed by atoms with Crippen molar-refractivity contribution in [1.82, 2.24) is 34.6 Å². The quantitative estimate of drug-likeness (QED) is 0.141. The van der Waals surface area contributed by atoms with E-state index in [1.807, 2.05) is 55.0 Å². The normalized spacial score (nSPS) is 20.4. The fraction of sp³-hybridized carbons (Fsp3) is 0.304. The lowest BCUT2D eigenvalue weighted by Gasteiger charge is -2.38. The van der Waals surface area contributed by atoms with Crippen LogP contribution in [0.4, 0.5) is 0 Å². The lowest BCUT2D eigenvalue weighted by molar-refractivity contribution is -0.136. The van der Waals surface area contributed by atoms with Gasteiger partial charge in [0.2, 0.25) is 17.7 Å². The molecule has 2 aromatic carbocycles. The Morgan fingerprint density at radius 2 is 1.63 bits per heavy atom. The highest BCUT2D eigenvalue weighted by molar-refractivity contribution is 6.08. The smallest absolute Gasteiger partial charge is 0.255 e. The number of carbonyl (C=O) groups excluding carboxylic acids is 3. The molecule has 1 unspecified atom stereocenters. The number of rotatable bonds is 10. The van der Waals surface area contributed by atoms with E-state index in [-0.39, 0.29) is 36.5 Å². The molecule has 1 atom stereocenters. The first-order chi connectivity index (χ1) is 28.8. The number of imide groups is 1. The van der Waals surface area contributed by atoms with Gasteiger partial charge in [0.05, 0.1) is 11.7 Å². The summed E-state index contributed by atoms with van der Waals surface area (Å²) in [6.07, 6.45) is 10.4. The molecule has 2 saturated heterocycles. The second-order valence-electron chi connectivity index (χ2n) is 15.7. The molecule has 0 bridgehead atoms. The van der Waals surface area contributed by atoms with Crippen molar-refractivity contribution in [1.29, 1.82) is 0 Å². The second-order valence-corrected chi connectivity index (χ2v) is 15.7. The summed E-state index contributed by atoms with van der Waals surface area (Å²) in [5.74, 6) is 7.52. The Hall–Kier alpha value is -6.78. The summed E-state index contributed by atoms with van der Waals surface area (Å²) in [6.45, 7) is 2.75. The van der Waals surface area contributed by atoms with E-state index in [9.17, 15) is 14.4 Å². The first kappa shape index (κ1) is 36.6. The van der Waals surface area contributed by atoms with Gasteiger partial charge in [-0.15, -0.1) is 0 Å². The van der Waals surface area contributed by atoms with Crippen LogP contribution >= 0.6 is 0 Å². The average molecular weight is 788 g/mol. The number of carbonyl (C=O) groups is 3.